The molecule has 0 bridgehead atoms. The van der Waals surface area contributed by atoms with E-state index in [-0.39, 0.29) is 35.5 Å². The minimum absolute atomic E-state index is 0.0372. The number of rotatable bonds is 15. The Balaban J connectivity index is 2.54. The third kappa shape index (κ3) is 10.6. The van der Waals surface area contributed by atoms with Gasteiger partial charge in [0.2, 0.25) is 16.0 Å². The Labute approximate surface area is 263 Å². The second-order valence-electron chi connectivity index (χ2n) is 12.8. The lowest BCUT2D eigenvalue weighted by molar-refractivity contribution is -0.145. The first-order valence-corrected chi connectivity index (χ1v) is 19.7. The number of carbonyl (C=O) groups is 2. The van der Waals surface area contributed by atoms with Gasteiger partial charge in [0.1, 0.15) is 5.82 Å². The van der Waals surface area contributed by atoms with Crippen LogP contribution in [0.1, 0.15) is 84.4 Å². The van der Waals surface area contributed by atoms with E-state index in [1.165, 1.54) is 25.3 Å². The zero-order valence-corrected chi connectivity index (χ0v) is 29.5. The molecule has 1 heterocycles. The summed E-state index contributed by atoms with van der Waals surface area (Å²) in [5.74, 6) is -1.32. The van der Waals surface area contributed by atoms with Crippen LogP contribution in [-0.4, -0.2) is 64.5 Å². The SMILES string of the molecule is CCCCOC(=O)C[C@H](CC(=O)/C=C/c1c(-c2ccc(F)cc2)nc(N(C)S(C)(=O)=O)nc1C(C)C)O[Si](C)(C)C(C)(C)C. The fourth-order valence-electron chi connectivity index (χ4n) is 3.99. The van der Waals surface area contributed by atoms with Crippen molar-refractivity contribution in [2.75, 3.05) is 24.2 Å². The third-order valence-electron chi connectivity index (χ3n) is 7.69. The normalized spacial score (nSPS) is 13.4. The van der Waals surface area contributed by atoms with Gasteiger partial charge in [0, 0.05) is 24.6 Å². The number of sulfonamides is 1. The zero-order valence-electron chi connectivity index (χ0n) is 27.7. The van der Waals surface area contributed by atoms with Crippen molar-refractivity contribution in [1.82, 2.24) is 9.97 Å². The summed E-state index contributed by atoms with van der Waals surface area (Å²) in [7, 11) is -4.64. The monoisotopic (exact) mass is 649 g/mol. The highest BCUT2D eigenvalue weighted by Crippen LogP contribution is 2.38. The maximum absolute atomic E-state index is 13.8. The first-order chi connectivity index (χ1) is 20.3. The van der Waals surface area contributed by atoms with Crippen molar-refractivity contribution in [2.24, 2.45) is 0 Å². The van der Waals surface area contributed by atoms with Gasteiger partial charge in [-0.3, -0.25) is 9.59 Å². The van der Waals surface area contributed by atoms with E-state index in [1.807, 2.05) is 20.8 Å². The third-order valence-corrected chi connectivity index (χ3v) is 13.4. The van der Waals surface area contributed by atoms with Crippen molar-refractivity contribution in [3.8, 4) is 11.3 Å². The standard InChI is InChI=1S/C32H48FN3O6SSi/c1-11-12-19-41-28(38)21-26(42-44(9,10)32(4,5)6)20-25(37)17-18-27-29(22(2)3)34-31(36(7)43(8,39)40)35-30(27)23-13-15-24(33)16-14-23/h13-18,22,26H,11-12,19-21H2,1-10H3/b18-17+/t26-/m0/s1. The van der Waals surface area contributed by atoms with Crippen LogP contribution in [0, 0.1) is 5.82 Å². The highest BCUT2D eigenvalue weighted by Gasteiger charge is 2.40. The van der Waals surface area contributed by atoms with Gasteiger partial charge < -0.3 is 9.16 Å². The molecule has 0 fully saturated rings. The van der Waals surface area contributed by atoms with E-state index in [1.54, 1.807) is 18.2 Å². The number of unbranched alkanes of at least 4 members (excludes halogenated alkanes) is 1. The fraction of sp³-hybridized carbons (Fsp3) is 0.562. The summed E-state index contributed by atoms with van der Waals surface area (Å²) >= 11 is 0. The molecule has 1 atom stereocenters. The largest absolute Gasteiger partial charge is 0.466 e. The van der Waals surface area contributed by atoms with Gasteiger partial charge in [0.15, 0.2) is 14.1 Å². The molecule has 44 heavy (non-hydrogen) atoms. The number of hydrogen-bond acceptors (Lipinski definition) is 8. The molecule has 2 rings (SSSR count). The van der Waals surface area contributed by atoms with Gasteiger partial charge >= 0.3 is 5.97 Å². The van der Waals surface area contributed by atoms with Crippen LogP contribution in [0.4, 0.5) is 10.3 Å². The summed E-state index contributed by atoms with van der Waals surface area (Å²) in [6, 6.07) is 5.65. The van der Waals surface area contributed by atoms with E-state index in [2.05, 4.69) is 43.8 Å². The molecule has 0 amide bonds. The molecule has 244 valence electrons. The Kier molecular flexibility index (Phi) is 13.0. The van der Waals surface area contributed by atoms with E-state index in [4.69, 9.17) is 9.16 Å². The molecule has 0 saturated carbocycles. The van der Waals surface area contributed by atoms with Crippen LogP contribution in [0.2, 0.25) is 18.1 Å². The van der Waals surface area contributed by atoms with Crippen molar-refractivity contribution in [3.63, 3.8) is 0 Å². The summed E-state index contributed by atoms with van der Waals surface area (Å²) in [5.41, 5.74) is 1.90. The van der Waals surface area contributed by atoms with Gasteiger partial charge in [-0.1, -0.05) is 48.0 Å². The maximum Gasteiger partial charge on any atom is 0.308 e. The molecule has 2 aromatic rings. The van der Waals surface area contributed by atoms with Crippen molar-refractivity contribution >= 4 is 42.1 Å². The van der Waals surface area contributed by atoms with Gasteiger partial charge in [-0.15, -0.1) is 0 Å². The highest BCUT2D eigenvalue weighted by molar-refractivity contribution is 7.92. The van der Waals surface area contributed by atoms with Crippen LogP contribution in [0.25, 0.3) is 17.3 Å². The molecule has 0 aliphatic heterocycles. The number of benzene rings is 1. The van der Waals surface area contributed by atoms with Crippen LogP contribution >= 0.6 is 0 Å². The predicted octanol–water partition coefficient (Wildman–Crippen LogP) is 6.90. The van der Waals surface area contributed by atoms with Crippen molar-refractivity contribution in [3.05, 3.63) is 47.4 Å². The van der Waals surface area contributed by atoms with Crippen LogP contribution < -0.4 is 4.31 Å². The molecule has 1 aromatic heterocycles. The van der Waals surface area contributed by atoms with E-state index >= 15 is 0 Å². The molecular weight excluding hydrogens is 602 g/mol. The predicted molar refractivity (Wildman–Crippen MR) is 176 cm³/mol. The summed E-state index contributed by atoms with van der Waals surface area (Å²) in [6.45, 7) is 16.5. The zero-order chi connectivity index (χ0) is 33.5. The lowest BCUT2D eigenvalue weighted by Gasteiger charge is -2.39. The summed E-state index contributed by atoms with van der Waals surface area (Å²) in [6.07, 6.45) is 4.98. The van der Waals surface area contributed by atoms with Crippen LogP contribution in [0.15, 0.2) is 30.3 Å². The molecule has 0 radical (unpaired) electrons. The molecular formula is C32H48FN3O6SSi. The number of anilines is 1. The van der Waals surface area contributed by atoms with Crippen molar-refractivity contribution < 1.29 is 31.6 Å². The lowest BCUT2D eigenvalue weighted by atomic mass is 9.97. The number of halogens is 1. The van der Waals surface area contributed by atoms with Gasteiger partial charge in [-0.2, -0.15) is 0 Å². The van der Waals surface area contributed by atoms with E-state index in [9.17, 15) is 22.4 Å². The lowest BCUT2D eigenvalue weighted by Crippen LogP contribution is -2.45. The van der Waals surface area contributed by atoms with E-state index < -0.39 is 36.2 Å². The molecule has 0 N–H and O–H groups in total. The van der Waals surface area contributed by atoms with Crippen LogP contribution in [-0.2, 0) is 28.8 Å². The van der Waals surface area contributed by atoms with Crippen LogP contribution in [0.5, 0.6) is 0 Å². The molecule has 0 unspecified atom stereocenters. The molecule has 9 nitrogen and oxygen atoms in total. The maximum atomic E-state index is 13.8. The minimum atomic E-state index is -3.67. The summed E-state index contributed by atoms with van der Waals surface area (Å²) in [4.78, 5) is 35.1. The van der Waals surface area contributed by atoms with E-state index in [0.29, 0.717) is 29.1 Å². The number of carbonyl (C=O) groups excluding carboxylic acids is 2. The average molecular weight is 650 g/mol. The Morgan fingerprint density at radius 2 is 1.70 bits per heavy atom. The van der Waals surface area contributed by atoms with Crippen LogP contribution in [0.3, 0.4) is 0 Å². The molecule has 0 aliphatic rings. The quantitative estimate of drug-likeness (QED) is 0.0886. The number of ketones is 1. The number of ether oxygens (including phenoxy) is 1. The van der Waals surface area contributed by atoms with Gasteiger partial charge in [-0.25, -0.2) is 27.1 Å². The second-order valence-corrected chi connectivity index (χ2v) is 19.6. The number of hydrogen-bond donors (Lipinski definition) is 0. The number of allylic oxidation sites excluding steroid dienone is 1. The Hall–Kier alpha value is -2.96. The van der Waals surface area contributed by atoms with Crippen molar-refractivity contribution in [1.29, 1.82) is 0 Å². The van der Waals surface area contributed by atoms with Gasteiger partial charge in [0.25, 0.3) is 0 Å². The molecule has 1 aromatic carbocycles. The Bertz CT molecular complexity index is 1440. The second kappa shape index (κ2) is 15.4. The Morgan fingerprint density at radius 1 is 1.09 bits per heavy atom. The molecule has 0 saturated heterocycles. The van der Waals surface area contributed by atoms with Gasteiger partial charge in [0.05, 0.1) is 36.8 Å². The highest BCUT2D eigenvalue weighted by atomic mass is 32.2. The van der Waals surface area contributed by atoms with Crippen molar-refractivity contribution in [2.45, 2.75) is 97.4 Å². The summed E-state index contributed by atoms with van der Waals surface area (Å²) < 4.78 is 51.3. The first-order valence-electron chi connectivity index (χ1n) is 14.9. The van der Waals surface area contributed by atoms with Gasteiger partial charge in [-0.05, 0) is 66.9 Å². The Morgan fingerprint density at radius 3 is 2.23 bits per heavy atom. The molecule has 0 aliphatic carbocycles. The number of aromatic nitrogens is 2. The molecule has 12 heteroatoms. The first kappa shape index (κ1) is 37.2. The fourth-order valence-corrected chi connectivity index (χ4v) is 5.72. The summed E-state index contributed by atoms with van der Waals surface area (Å²) in [5, 5.41) is -0.134. The average Bonchev–Trinajstić information content (AvgIpc) is 2.90. The number of esters is 1. The topological polar surface area (TPSA) is 116 Å². The number of nitrogens with zero attached hydrogens (tertiary/aromatic N) is 3. The smallest absolute Gasteiger partial charge is 0.308 e. The molecule has 0 spiro atoms. The van der Waals surface area contributed by atoms with E-state index in [0.717, 1.165) is 23.4 Å². The minimum Gasteiger partial charge on any atom is -0.466 e.